The number of H-pyrrole nitrogens is 1. The zero-order chi connectivity index (χ0) is 15.0. The molecule has 4 nitrogen and oxygen atoms in total. The highest BCUT2D eigenvalue weighted by molar-refractivity contribution is 6.35. The SMILES string of the molecule is CN(C)C(=O)c1cc(Cl)c2[nH]c(C3=CCCNC3)cc2c1. The van der Waals surface area contributed by atoms with E-state index in [-0.39, 0.29) is 5.91 Å². The highest BCUT2D eigenvalue weighted by Gasteiger charge is 2.15. The van der Waals surface area contributed by atoms with Gasteiger partial charge in [0.05, 0.1) is 10.5 Å². The van der Waals surface area contributed by atoms with Gasteiger partial charge in [-0.15, -0.1) is 0 Å². The van der Waals surface area contributed by atoms with Gasteiger partial charge in [0.15, 0.2) is 0 Å². The molecule has 0 atom stereocenters. The minimum atomic E-state index is -0.0416. The predicted molar refractivity (Wildman–Crippen MR) is 86.8 cm³/mol. The summed E-state index contributed by atoms with van der Waals surface area (Å²) in [7, 11) is 3.48. The van der Waals surface area contributed by atoms with Gasteiger partial charge in [-0.2, -0.15) is 0 Å². The molecule has 1 aliphatic rings. The molecular formula is C16H18ClN3O. The molecule has 0 saturated carbocycles. The Hall–Kier alpha value is -1.78. The van der Waals surface area contributed by atoms with Crippen LogP contribution in [0.2, 0.25) is 5.02 Å². The molecule has 1 aromatic carbocycles. The molecular weight excluding hydrogens is 286 g/mol. The van der Waals surface area contributed by atoms with E-state index in [0.29, 0.717) is 10.6 Å². The summed E-state index contributed by atoms with van der Waals surface area (Å²) in [5.74, 6) is -0.0416. The number of hydrogen-bond acceptors (Lipinski definition) is 2. The molecule has 1 aromatic heterocycles. The zero-order valence-electron chi connectivity index (χ0n) is 12.2. The Kier molecular flexibility index (Phi) is 3.74. The van der Waals surface area contributed by atoms with Gasteiger partial charge in [-0.3, -0.25) is 4.79 Å². The molecule has 0 aliphatic carbocycles. The highest BCUT2D eigenvalue weighted by atomic mass is 35.5. The van der Waals surface area contributed by atoms with Crippen molar-refractivity contribution in [2.45, 2.75) is 6.42 Å². The molecule has 110 valence electrons. The molecule has 0 unspecified atom stereocenters. The fourth-order valence-corrected chi connectivity index (χ4v) is 2.88. The lowest BCUT2D eigenvalue weighted by Gasteiger charge is -2.12. The van der Waals surface area contributed by atoms with Crippen LogP contribution in [0.1, 0.15) is 22.5 Å². The van der Waals surface area contributed by atoms with E-state index >= 15 is 0 Å². The van der Waals surface area contributed by atoms with E-state index in [1.807, 2.05) is 6.07 Å². The summed E-state index contributed by atoms with van der Waals surface area (Å²) in [6.07, 6.45) is 3.27. The number of hydrogen-bond donors (Lipinski definition) is 2. The van der Waals surface area contributed by atoms with E-state index in [2.05, 4.69) is 22.4 Å². The fraction of sp³-hybridized carbons (Fsp3) is 0.312. The van der Waals surface area contributed by atoms with Crippen LogP contribution in [0.25, 0.3) is 16.5 Å². The molecule has 2 heterocycles. The third-order valence-corrected chi connectivity index (χ3v) is 4.00. The van der Waals surface area contributed by atoms with Crippen LogP contribution in [0.15, 0.2) is 24.3 Å². The number of carbonyl (C=O) groups excluding carboxylic acids is 1. The topological polar surface area (TPSA) is 48.1 Å². The third kappa shape index (κ3) is 2.69. The lowest BCUT2D eigenvalue weighted by Crippen LogP contribution is -2.21. The summed E-state index contributed by atoms with van der Waals surface area (Å²) in [6, 6.07) is 5.67. The molecule has 0 radical (unpaired) electrons. The largest absolute Gasteiger partial charge is 0.354 e. The first-order valence-electron chi connectivity index (χ1n) is 7.00. The van der Waals surface area contributed by atoms with Crippen LogP contribution in [-0.2, 0) is 0 Å². The Morgan fingerprint density at radius 2 is 2.10 bits per heavy atom. The van der Waals surface area contributed by atoms with Gasteiger partial charge in [0.2, 0.25) is 0 Å². The summed E-state index contributed by atoms with van der Waals surface area (Å²) < 4.78 is 0. The van der Waals surface area contributed by atoms with E-state index in [1.165, 1.54) is 5.57 Å². The van der Waals surface area contributed by atoms with Crippen molar-refractivity contribution in [3.8, 4) is 0 Å². The summed E-state index contributed by atoms with van der Waals surface area (Å²) in [6.45, 7) is 1.87. The van der Waals surface area contributed by atoms with E-state index in [0.717, 1.165) is 36.1 Å². The molecule has 0 spiro atoms. The minimum absolute atomic E-state index is 0.0416. The Balaban J connectivity index is 2.07. The van der Waals surface area contributed by atoms with Crippen LogP contribution < -0.4 is 5.32 Å². The number of nitrogens with zero attached hydrogens (tertiary/aromatic N) is 1. The maximum atomic E-state index is 12.1. The van der Waals surface area contributed by atoms with Crippen LogP contribution >= 0.6 is 11.6 Å². The number of nitrogens with one attached hydrogen (secondary N) is 2. The number of benzene rings is 1. The van der Waals surface area contributed by atoms with Crippen molar-refractivity contribution in [2.24, 2.45) is 0 Å². The summed E-state index contributed by atoms with van der Waals surface area (Å²) in [5.41, 5.74) is 3.80. The summed E-state index contributed by atoms with van der Waals surface area (Å²) >= 11 is 6.33. The molecule has 3 rings (SSSR count). The van der Waals surface area contributed by atoms with Gasteiger partial charge in [-0.25, -0.2) is 0 Å². The van der Waals surface area contributed by atoms with Crippen molar-refractivity contribution >= 4 is 34.0 Å². The van der Waals surface area contributed by atoms with Gasteiger partial charge < -0.3 is 15.2 Å². The number of aromatic amines is 1. The Morgan fingerprint density at radius 3 is 2.76 bits per heavy atom. The van der Waals surface area contributed by atoms with Gasteiger partial charge in [0, 0.05) is 37.3 Å². The second-order valence-corrected chi connectivity index (χ2v) is 5.91. The number of amides is 1. The number of rotatable bonds is 2. The van der Waals surface area contributed by atoms with Gasteiger partial charge in [-0.05, 0) is 36.7 Å². The fourth-order valence-electron chi connectivity index (χ4n) is 2.60. The van der Waals surface area contributed by atoms with Crippen molar-refractivity contribution in [1.29, 1.82) is 0 Å². The molecule has 21 heavy (non-hydrogen) atoms. The van der Waals surface area contributed by atoms with Gasteiger partial charge >= 0.3 is 0 Å². The lowest BCUT2D eigenvalue weighted by atomic mass is 10.1. The quantitative estimate of drug-likeness (QED) is 0.896. The van der Waals surface area contributed by atoms with Gasteiger partial charge in [0.1, 0.15) is 0 Å². The molecule has 0 fully saturated rings. The van der Waals surface area contributed by atoms with Crippen molar-refractivity contribution < 1.29 is 4.79 Å². The number of aromatic nitrogens is 1. The molecule has 0 bridgehead atoms. The van der Waals surface area contributed by atoms with Crippen molar-refractivity contribution in [1.82, 2.24) is 15.2 Å². The molecule has 2 aromatic rings. The van der Waals surface area contributed by atoms with Crippen LogP contribution in [0.4, 0.5) is 0 Å². The van der Waals surface area contributed by atoms with E-state index in [1.54, 1.807) is 25.1 Å². The average Bonchev–Trinajstić information content (AvgIpc) is 2.92. The van der Waals surface area contributed by atoms with Crippen LogP contribution in [0.3, 0.4) is 0 Å². The lowest BCUT2D eigenvalue weighted by molar-refractivity contribution is 0.0828. The standard InChI is InChI=1S/C16H18ClN3O/c1-20(2)16(21)12-6-11-8-14(10-4-3-5-18-9-10)19-15(11)13(17)7-12/h4,6-8,18-19H,3,5,9H2,1-2H3. The monoisotopic (exact) mass is 303 g/mol. The number of carbonyl (C=O) groups is 1. The summed E-state index contributed by atoms with van der Waals surface area (Å²) in [5, 5.41) is 4.90. The molecule has 5 heteroatoms. The molecule has 1 amide bonds. The first-order chi connectivity index (χ1) is 10.1. The van der Waals surface area contributed by atoms with E-state index in [4.69, 9.17) is 11.6 Å². The Labute approximate surface area is 128 Å². The highest BCUT2D eigenvalue weighted by Crippen LogP contribution is 2.29. The van der Waals surface area contributed by atoms with Crippen molar-refractivity contribution in [3.05, 3.63) is 40.6 Å². The normalized spacial score (nSPS) is 15.1. The number of fused-ring (bicyclic) bond motifs is 1. The average molecular weight is 304 g/mol. The van der Waals surface area contributed by atoms with E-state index < -0.39 is 0 Å². The molecule has 1 aliphatic heterocycles. The third-order valence-electron chi connectivity index (χ3n) is 3.71. The first-order valence-corrected chi connectivity index (χ1v) is 7.38. The molecule has 0 saturated heterocycles. The van der Waals surface area contributed by atoms with E-state index in [9.17, 15) is 4.79 Å². The van der Waals surface area contributed by atoms with Gasteiger partial charge in [0.25, 0.3) is 5.91 Å². The maximum Gasteiger partial charge on any atom is 0.253 e. The maximum absolute atomic E-state index is 12.1. The smallest absolute Gasteiger partial charge is 0.253 e. The second-order valence-electron chi connectivity index (χ2n) is 5.50. The predicted octanol–water partition coefficient (Wildman–Crippen LogP) is 2.90. The first kappa shape index (κ1) is 14.2. The second kappa shape index (κ2) is 5.54. The van der Waals surface area contributed by atoms with Crippen LogP contribution in [-0.4, -0.2) is 43.0 Å². The van der Waals surface area contributed by atoms with Crippen LogP contribution in [0, 0.1) is 0 Å². The number of halogens is 1. The van der Waals surface area contributed by atoms with Gasteiger partial charge in [-0.1, -0.05) is 17.7 Å². The molecule has 2 N–H and O–H groups in total. The Bertz CT molecular complexity index is 730. The van der Waals surface area contributed by atoms with Crippen LogP contribution in [0.5, 0.6) is 0 Å². The summed E-state index contributed by atoms with van der Waals surface area (Å²) in [4.78, 5) is 17.0. The van der Waals surface area contributed by atoms with Crippen molar-refractivity contribution in [3.63, 3.8) is 0 Å². The minimum Gasteiger partial charge on any atom is -0.354 e. The zero-order valence-corrected chi connectivity index (χ0v) is 12.9. The Morgan fingerprint density at radius 1 is 1.29 bits per heavy atom. The van der Waals surface area contributed by atoms with Crippen molar-refractivity contribution in [2.75, 3.05) is 27.2 Å².